The SMILES string of the molecule is CCN(CC)Cc1ccccc1CNCCCN. The van der Waals surface area contributed by atoms with E-state index in [2.05, 4.69) is 48.3 Å². The lowest BCUT2D eigenvalue weighted by Crippen LogP contribution is -2.24. The minimum atomic E-state index is 0.758. The zero-order valence-electron chi connectivity index (χ0n) is 11.8. The molecule has 0 atom stereocenters. The van der Waals surface area contributed by atoms with Crippen molar-refractivity contribution in [1.82, 2.24) is 10.2 Å². The molecule has 0 unspecified atom stereocenters. The van der Waals surface area contributed by atoms with Gasteiger partial charge in [0.15, 0.2) is 0 Å². The lowest BCUT2D eigenvalue weighted by molar-refractivity contribution is 0.295. The van der Waals surface area contributed by atoms with Crippen molar-refractivity contribution in [3.05, 3.63) is 35.4 Å². The van der Waals surface area contributed by atoms with Gasteiger partial charge in [-0.2, -0.15) is 0 Å². The molecule has 0 aliphatic rings. The van der Waals surface area contributed by atoms with Gasteiger partial charge in [0.25, 0.3) is 0 Å². The van der Waals surface area contributed by atoms with Crippen molar-refractivity contribution in [1.29, 1.82) is 0 Å². The van der Waals surface area contributed by atoms with E-state index in [1.807, 2.05) is 0 Å². The summed E-state index contributed by atoms with van der Waals surface area (Å²) >= 11 is 0. The molecule has 0 spiro atoms. The summed E-state index contributed by atoms with van der Waals surface area (Å²) in [5.74, 6) is 0. The van der Waals surface area contributed by atoms with Crippen LogP contribution in [-0.4, -0.2) is 31.1 Å². The van der Waals surface area contributed by atoms with Crippen LogP contribution in [-0.2, 0) is 13.1 Å². The van der Waals surface area contributed by atoms with Crippen molar-refractivity contribution < 1.29 is 0 Å². The number of nitrogens with two attached hydrogens (primary N) is 1. The maximum Gasteiger partial charge on any atom is 0.0236 e. The Morgan fingerprint density at radius 2 is 1.78 bits per heavy atom. The smallest absolute Gasteiger partial charge is 0.0236 e. The molecule has 0 radical (unpaired) electrons. The van der Waals surface area contributed by atoms with Gasteiger partial charge in [-0.15, -0.1) is 0 Å². The predicted octanol–water partition coefficient (Wildman–Crippen LogP) is 1.97. The van der Waals surface area contributed by atoms with Crippen LogP contribution < -0.4 is 11.1 Å². The number of nitrogens with zero attached hydrogens (tertiary/aromatic N) is 1. The third-order valence-electron chi connectivity index (χ3n) is 3.28. The molecule has 3 nitrogen and oxygen atoms in total. The lowest BCUT2D eigenvalue weighted by atomic mass is 10.1. The topological polar surface area (TPSA) is 41.3 Å². The Kier molecular flexibility index (Phi) is 7.65. The number of benzene rings is 1. The van der Waals surface area contributed by atoms with Gasteiger partial charge in [0.1, 0.15) is 0 Å². The molecule has 0 aromatic heterocycles. The molecule has 3 N–H and O–H groups in total. The molecule has 0 aliphatic carbocycles. The Morgan fingerprint density at radius 3 is 2.39 bits per heavy atom. The van der Waals surface area contributed by atoms with E-state index in [9.17, 15) is 0 Å². The average molecular weight is 249 g/mol. The number of hydrogen-bond donors (Lipinski definition) is 2. The van der Waals surface area contributed by atoms with Crippen molar-refractivity contribution in [2.45, 2.75) is 33.4 Å². The van der Waals surface area contributed by atoms with Crippen LogP contribution in [0.2, 0.25) is 0 Å². The largest absolute Gasteiger partial charge is 0.330 e. The van der Waals surface area contributed by atoms with Crippen LogP contribution in [0.25, 0.3) is 0 Å². The highest BCUT2D eigenvalue weighted by Crippen LogP contribution is 2.11. The predicted molar refractivity (Wildman–Crippen MR) is 78.4 cm³/mol. The van der Waals surface area contributed by atoms with E-state index >= 15 is 0 Å². The van der Waals surface area contributed by atoms with Crippen LogP contribution >= 0.6 is 0 Å². The molecule has 1 aromatic carbocycles. The zero-order valence-corrected chi connectivity index (χ0v) is 11.8. The van der Waals surface area contributed by atoms with E-state index in [0.29, 0.717) is 0 Å². The normalized spacial score (nSPS) is 11.1. The molecule has 1 rings (SSSR count). The summed E-state index contributed by atoms with van der Waals surface area (Å²) in [7, 11) is 0. The second kappa shape index (κ2) is 9.09. The molecule has 0 fully saturated rings. The first kappa shape index (κ1) is 15.2. The summed E-state index contributed by atoms with van der Waals surface area (Å²) in [5, 5.41) is 3.45. The third kappa shape index (κ3) is 5.17. The van der Waals surface area contributed by atoms with Crippen molar-refractivity contribution >= 4 is 0 Å². The maximum absolute atomic E-state index is 5.49. The first-order valence-electron chi connectivity index (χ1n) is 7.01. The maximum atomic E-state index is 5.49. The van der Waals surface area contributed by atoms with Crippen molar-refractivity contribution in [3.8, 4) is 0 Å². The highest BCUT2D eigenvalue weighted by atomic mass is 15.1. The number of rotatable bonds is 9. The van der Waals surface area contributed by atoms with Gasteiger partial charge in [-0.3, -0.25) is 4.90 Å². The third-order valence-corrected chi connectivity index (χ3v) is 3.28. The Hall–Kier alpha value is -0.900. The Labute approximate surface area is 111 Å². The second-order valence-corrected chi connectivity index (χ2v) is 4.55. The molecule has 0 saturated carbocycles. The van der Waals surface area contributed by atoms with Crippen LogP contribution in [0.5, 0.6) is 0 Å². The van der Waals surface area contributed by atoms with E-state index in [-0.39, 0.29) is 0 Å². The zero-order chi connectivity index (χ0) is 13.2. The van der Waals surface area contributed by atoms with Crippen molar-refractivity contribution in [2.24, 2.45) is 5.73 Å². The quantitative estimate of drug-likeness (QED) is 0.657. The summed E-state index contributed by atoms with van der Waals surface area (Å²) in [4.78, 5) is 2.44. The molecule has 0 saturated heterocycles. The minimum absolute atomic E-state index is 0.758. The summed E-state index contributed by atoms with van der Waals surface area (Å²) < 4.78 is 0. The van der Waals surface area contributed by atoms with Gasteiger partial charge in [-0.05, 0) is 43.7 Å². The van der Waals surface area contributed by atoms with Crippen LogP contribution in [0.15, 0.2) is 24.3 Å². The summed E-state index contributed by atoms with van der Waals surface area (Å²) in [5.41, 5.74) is 8.33. The van der Waals surface area contributed by atoms with E-state index in [4.69, 9.17) is 5.73 Å². The Bertz CT molecular complexity index is 321. The molecule has 0 amide bonds. The molecule has 102 valence electrons. The van der Waals surface area contributed by atoms with Crippen molar-refractivity contribution in [2.75, 3.05) is 26.2 Å². The van der Waals surface area contributed by atoms with Crippen LogP contribution in [0, 0.1) is 0 Å². The molecular weight excluding hydrogens is 222 g/mol. The molecule has 0 bridgehead atoms. The van der Waals surface area contributed by atoms with Gasteiger partial charge < -0.3 is 11.1 Å². The van der Waals surface area contributed by atoms with Crippen molar-refractivity contribution in [3.63, 3.8) is 0 Å². The highest BCUT2D eigenvalue weighted by molar-refractivity contribution is 5.26. The first-order chi connectivity index (χ1) is 8.81. The Morgan fingerprint density at radius 1 is 1.11 bits per heavy atom. The van der Waals surface area contributed by atoms with Crippen LogP contribution in [0.4, 0.5) is 0 Å². The lowest BCUT2D eigenvalue weighted by Gasteiger charge is -2.20. The summed E-state index contributed by atoms with van der Waals surface area (Å²) in [6.07, 6.45) is 1.04. The summed E-state index contributed by atoms with van der Waals surface area (Å²) in [6, 6.07) is 8.69. The second-order valence-electron chi connectivity index (χ2n) is 4.55. The average Bonchev–Trinajstić information content (AvgIpc) is 2.42. The van der Waals surface area contributed by atoms with Gasteiger partial charge in [0, 0.05) is 13.1 Å². The van der Waals surface area contributed by atoms with Gasteiger partial charge in [0.2, 0.25) is 0 Å². The van der Waals surface area contributed by atoms with E-state index in [0.717, 1.165) is 45.7 Å². The fourth-order valence-corrected chi connectivity index (χ4v) is 2.02. The van der Waals surface area contributed by atoms with Gasteiger partial charge in [-0.25, -0.2) is 0 Å². The Balaban J connectivity index is 2.55. The molecule has 1 aromatic rings. The highest BCUT2D eigenvalue weighted by Gasteiger charge is 2.05. The number of hydrogen-bond acceptors (Lipinski definition) is 3. The molecule has 18 heavy (non-hydrogen) atoms. The van der Waals surface area contributed by atoms with E-state index in [1.165, 1.54) is 11.1 Å². The van der Waals surface area contributed by atoms with Gasteiger partial charge in [-0.1, -0.05) is 38.1 Å². The summed E-state index contributed by atoms with van der Waals surface area (Å²) in [6.45, 7) is 10.4. The fourth-order valence-electron chi connectivity index (χ4n) is 2.02. The van der Waals surface area contributed by atoms with Gasteiger partial charge in [0.05, 0.1) is 0 Å². The van der Waals surface area contributed by atoms with E-state index in [1.54, 1.807) is 0 Å². The van der Waals surface area contributed by atoms with Crippen LogP contribution in [0.3, 0.4) is 0 Å². The standard InChI is InChI=1S/C15H27N3/c1-3-18(4-2)13-15-9-6-5-8-14(15)12-17-11-7-10-16/h5-6,8-9,17H,3-4,7,10-13,16H2,1-2H3. The molecule has 0 heterocycles. The molecule has 3 heteroatoms. The molecular formula is C15H27N3. The minimum Gasteiger partial charge on any atom is -0.330 e. The monoisotopic (exact) mass is 249 g/mol. The molecule has 0 aliphatic heterocycles. The van der Waals surface area contributed by atoms with E-state index < -0.39 is 0 Å². The fraction of sp³-hybridized carbons (Fsp3) is 0.600. The van der Waals surface area contributed by atoms with Crippen LogP contribution in [0.1, 0.15) is 31.4 Å². The number of nitrogens with one attached hydrogen (secondary N) is 1. The van der Waals surface area contributed by atoms with Gasteiger partial charge >= 0.3 is 0 Å². The first-order valence-corrected chi connectivity index (χ1v) is 7.01.